The van der Waals surface area contributed by atoms with Crippen LogP contribution in [0.4, 0.5) is 0 Å². The number of likely N-dealkylation sites (tertiary alicyclic amines) is 1. The summed E-state index contributed by atoms with van der Waals surface area (Å²) >= 11 is 1.81. The average Bonchev–Trinajstić information content (AvgIpc) is 3.24. The molecule has 1 saturated heterocycles. The van der Waals surface area contributed by atoms with Crippen LogP contribution < -0.4 is 10.6 Å². The first kappa shape index (κ1) is 22.6. The van der Waals surface area contributed by atoms with Gasteiger partial charge in [-0.05, 0) is 38.3 Å². The predicted octanol–water partition coefficient (Wildman–Crippen LogP) is 3.15. The highest BCUT2D eigenvalue weighted by Crippen LogP contribution is 2.17. The molecule has 0 aliphatic carbocycles. The Kier molecular flexibility index (Phi) is 10.9. The van der Waals surface area contributed by atoms with Crippen LogP contribution in [0.3, 0.4) is 0 Å². The SMILES string of the molecule is CCc1cnc(CCNC(=NC)NCC(C(C)C)N2CCCC2)s1.I. The van der Waals surface area contributed by atoms with Gasteiger partial charge in [0, 0.05) is 43.7 Å². The lowest BCUT2D eigenvalue weighted by atomic mass is 10.0. The first-order chi connectivity index (χ1) is 11.6. The summed E-state index contributed by atoms with van der Waals surface area (Å²) < 4.78 is 0. The van der Waals surface area contributed by atoms with Gasteiger partial charge >= 0.3 is 0 Å². The minimum Gasteiger partial charge on any atom is -0.356 e. The van der Waals surface area contributed by atoms with E-state index >= 15 is 0 Å². The first-order valence-electron chi connectivity index (χ1n) is 9.26. The lowest BCUT2D eigenvalue weighted by Crippen LogP contribution is -2.48. The molecule has 0 saturated carbocycles. The second kappa shape index (κ2) is 12.1. The number of hydrogen-bond acceptors (Lipinski definition) is 4. The highest BCUT2D eigenvalue weighted by atomic mass is 127. The smallest absolute Gasteiger partial charge is 0.191 e. The Bertz CT molecular complexity index is 511. The fourth-order valence-corrected chi connectivity index (χ4v) is 4.06. The Labute approximate surface area is 174 Å². The van der Waals surface area contributed by atoms with Gasteiger partial charge in [0.2, 0.25) is 0 Å². The number of aryl methyl sites for hydroxylation is 1. The van der Waals surface area contributed by atoms with Crippen LogP contribution in [0.15, 0.2) is 11.2 Å². The number of rotatable bonds is 8. The molecule has 1 aliphatic rings. The summed E-state index contributed by atoms with van der Waals surface area (Å²) in [5.41, 5.74) is 0. The molecule has 1 aliphatic heterocycles. The number of aliphatic imine (C=N–C) groups is 1. The van der Waals surface area contributed by atoms with E-state index in [1.807, 2.05) is 24.6 Å². The van der Waals surface area contributed by atoms with E-state index < -0.39 is 0 Å². The predicted molar refractivity (Wildman–Crippen MR) is 119 cm³/mol. The van der Waals surface area contributed by atoms with Gasteiger partial charge in [0.1, 0.15) is 0 Å². The van der Waals surface area contributed by atoms with Crippen molar-refractivity contribution in [3.05, 3.63) is 16.1 Å². The second-order valence-electron chi connectivity index (χ2n) is 6.76. The van der Waals surface area contributed by atoms with Crippen molar-refractivity contribution in [2.24, 2.45) is 10.9 Å². The molecule has 25 heavy (non-hydrogen) atoms. The van der Waals surface area contributed by atoms with E-state index in [9.17, 15) is 0 Å². The molecule has 0 aromatic carbocycles. The van der Waals surface area contributed by atoms with Crippen LogP contribution in [0.1, 0.15) is 43.5 Å². The van der Waals surface area contributed by atoms with Crippen molar-refractivity contribution in [1.29, 1.82) is 0 Å². The number of nitrogens with zero attached hydrogens (tertiary/aromatic N) is 3. The van der Waals surface area contributed by atoms with Gasteiger partial charge in [-0.3, -0.25) is 9.89 Å². The van der Waals surface area contributed by atoms with Crippen molar-refractivity contribution >= 4 is 41.3 Å². The third kappa shape index (κ3) is 7.38. The number of halogens is 1. The first-order valence-corrected chi connectivity index (χ1v) is 10.1. The Morgan fingerprint density at radius 1 is 1.32 bits per heavy atom. The highest BCUT2D eigenvalue weighted by Gasteiger charge is 2.24. The molecule has 1 fully saturated rings. The maximum absolute atomic E-state index is 4.47. The van der Waals surface area contributed by atoms with E-state index in [4.69, 9.17) is 0 Å². The summed E-state index contributed by atoms with van der Waals surface area (Å²) in [4.78, 5) is 12.8. The normalized spacial score (nSPS) is 16.8. The number of thiazole rings is 1. The molecule has 1 aromatic heterocycles. The summed E-state index contributed by atoms with van der Waals surface area (Å²) in [5.74, 6) is 1.55. The van der Waals surface area contributed by atoms with Crippen LogP contribution in [0, 0.1) is 5.92 Å². The Morgan fingerprint density at radius 2 is 2.04 bits per heavy atom. The summed E-state index contributed by atoms with van der Waals surface area (Å²) in [5, 5.41) is 8.13. The fraction of sp³-hybridized carbons (Fsp3) is 0.778. The van der Waals surface area contributed by atoms with Crippen molar-refractivity contribution in [1.82, 2.24) is 20.5 Å². The van der Waals surface area contributed by atoms with E-state index in [2.05, 4.69) is 46.3 Å². The Hall–Kier alpha value is -0.410. The number of aromatic nitrogens is 1. The Morgan fingerprint density at radius 3 is 2.60 bits per heavy atom. The van der Waals surface area contributed by atoms with E-state index in [0.29, 0.717) is 12.0 Å². The molecule has 2 heterocycles. The average molecular weight is 479 g/mol. The second-order valence-corrected chi connectivity index (χ2v) is 7.96. The van der Waals surface area contributed by atoms with E-state index in [0.717, 1.165) is 31.9 Å². The fourth-order valence-electron chi connectivity index (χ4n) is 3.20. The van der Waals surface area contributed by atoms with Crippen molar-refractivity contribution in [2.75, 3.05) is 33.2 Å². The summed E-state index contributed by atoms with van der Waals surface area (Å²) in [7, 11) is 1.84. The minimum absolute atomic E-state index is 0. The molecule has 0 bridgehead atoms. The van der Waals surface area contributed by atoms with Crippen molar-refractivity contribution in [3.8, 4) is 0 Å². The summed E-state index contributed by atoms with van der Waals surface area (Å²) in [6.45, 7) is 11.1. The Balaban J connectivity index is 0.00000312. The molecule has 7 heteroatoms. The molecule has 2 rings (SSSR count). The van der Waals surface area contributed by atoms with Gasteiger partial charge in [0.25, 0.3) is 0 Å². The molecule has 5 nitrogen and oxygen atoms in total. The quantitative estimate of drug-likeness (QED) is 0.342. The van der Waals surface area contributed by atoms with Crippen LogP contribution in [0.5, 0.6) is 0 Å². The highest BCUT2D eigenvalue weighted by molar-refractivity contribution is 14.0. The van der Waals surface area contributed by atoms with E-state index in [1.54, 1.807) is 0 Å². The van der Waals surface area contributed by atoms with Gasteiger partial charge in [-0.15, -0.1) is 35.3 Å². The van der Waals surface area contributed by atoms with E-state index in [1.165, 1.54) is 35.8 Å². The minimum atomic E-state index is 0. The zero-order chi connectivity index (χ0) is 17.4. The van der Waals surface area contributed by atoms with Gasteiger partial charge in [-0.1, -0.05) is 20.8 Å². The number of nitrogens with one attached hydrogen (secondary N) is 2. The van der Waals surface area contributed by atoms with Gasteiger partial charge in [0.05, 0.1) is 5.01 Å². The molecule has 0 amide bonds. The van der Waals surface area contributed by atoms with Gasteiger partial charge in [-0.25, -0.2) is 4.98 Å². The largest absolute Gasteiger partial charge is 0.356 e. The van der Waals surface area contributed by atoms with Crippen LogP contribution in [0.2, 0.25) is 0 Å². The zero-order valence-corrected chi connectivity index (χ0v) is 19.2. The zero-order valence-electron chi connectivity index (χ0n) is 16.0. The summed E-state index contributed by atoms with van der Waals surface area (Å²) in [6.07, 6.45) is 6.69. The van der Waals surface area contributed by atoms with Gasteiger partial charge in [0.15, 0.2) is 5.96 Å². The standard InChI is InChI=1S/C18H33N5S.HI/c1-5-15-12-21-17(24-15)8-9-20-18(19-4)22-13-16(14(2)3)23-10-6-7-11-23;/h12,14,16H,5-11,13H2,1-4H3,(H2,19,20,22);1H. The molecule has 0 spiro atoms. The maximum atomic E-state index is 4.47. The molecule has 1 atom stereocenters. The van der Waals surface area contributed by atoms with E-state index in [-0.39, 0.29) is 24.0 Å². The van der Waals surface area contributed by atoms with Crippen molar-refractivity contribution < 1.29 is 0 Å². The van der Waals surface area contributed by atoms with Crippen LogP contribution >= 0.6 is 35.3 Å². The molecule has 144 valence electrons. The third-order valence-electron chi connectivity index (χ3n) is 4.66. The van der Waals surface area contributed by atoms with Gasteiger partial charge < -0.3 is 10.6 Å². The molecular formula is C18H34IN5S. The topological polar surface area (TPSA) is 52.6 Å². The lowest BCUT2D eigenvalue weighted by Gasteiger charge is -2.31. The van der Waals surface area contributed by atoms with Crippen molar-refractivity contribution in [3.63, 3.8) is 0 Å². The molecular weight excluding hydrogens is 445 g/mol. The monoisotopic (exact) mass is 479 g/mol. The molecule has 0 radical (unpaired) electrons. The summed E-state index contributed by atoms with van der Waals surface area (Å²) in [6, 6.07) is 0.581. The van der Waals surface area contributed by atoms with Crippen molar-refractivity contribution in [2.45, 2.75) is 52.5 Å². The number of guanidine groups is 1. The molecule has 1 unspecified atom stereocenters. The molecule has 1 aromatic rings. The maximum Gasteiger partial charge on any atom is 0.191 e. The van der Waals surface area contributed by atoms with Crippen LogP contribution in [-0.2, 0) is 12.8 Å². The van der Waals surface area contributed by atoms with Crippen LogP contribution in [0.25, 0.3) is 0 Å². The molecule has 2 N–H and O–H groups in total. The lowest BCUT2D eigenvalue weighted by molar-refractivity contribution is 0.192. The van der Waals surface area contributed by atoms with Crippen LogP contribution in [-0.4, -0.2) is 55.1 Å². The van der Waals surface area contributed by atoms with Gasteiger partial charge in [-0.2, -0.15) is 0 Å². The number of hydrogen-bond donors (Lipinski definition) is 2. The third-order valence-corrected chi connectivity index (χ3v) is 5.86.